The second kappa shape index (κ2) is 9.02. The van der Waals surface area contributed by atoms with Crippen molar-refractivity contribution in [1.82, 2.24) is 10.2 Å². The Hall–Kier alpha value is -1.85. The molecule has 1 aliphatic heterocycles. The van der Waals surface area contributed by atoms with Crippen molar-refractivity contribution in [1.29, 1.82) is 0 Å². The van der Waals surface area contributed by atoms with Crippen molar-refractivity contribution in [2.45, 2.75) is 6.42 Å². The summed E-state index contributed by atoms with van der Waals surface area (Å²) in [5.41, 5.74) is 2.01. The molecule has 0 atom stereocenters. The van der Waals surface area contributed by atoms with Crippen LogP contribution in [0.25, 0.3) is 0 Å². The Morgan fingerprint density at radius 3 is 2.48 bits per heavy atom. The van der Waals surface area contributed by atoms with E-state index in [2.05, 4.69) is 61.4 Å². The minimum absolute atomic E-state index is 0.00445. The molecule has 0 aromatic heterocycles. The van der Waals surface area contributed by atoms with Gasteiger partial charge in [0.25, 0.3) is 5.91 Å². The molecule has 2 aromatic carbocycles. The Balaban J connectivity index is 1.34. The van der Waals surface area contributed by atoms with Crippen LogP contribution >= 0.6 is 15.9 Å². The quantitative estimate of drug-likeness (QED) is 0.753. The first kappa shape index (κ1) is 18.0. The predicted molar refractivity (Wildman–Crippen MR) is 106 cm³/mol. The van der Waals surface area contributed by atoms with E-state index in [0.717, 1.165) is 43.6 Å². The average molecular weight is 402 g/mol. The van der Waals surface area contributed by atoms with Gasteiger partial charge in [-0.2, -0.15) is 0 Å². The Bertz CT molecular complexity index is 684. The molecule has 0 aliphatic carbocycles. The van der Waals surface area contributed by atoms with Crippen molar-refractivity contribution in [3.05, 3.63) is 64.6 Å². The molecule has 1 fully saturated rings. The van der Waals surface area contributed by atoms with Crippen LogP contribution in [-0.4, -0.2) is 50.1 Å². The molecule has 1 saturated heterocycles. The predicted octanol–water partition coefficient (Wildman–Crippen LogP) is 3.39. The summed E-state index contributed by atoms with van der Waals surface area (Å²) in [6.07, 6.45) is 0.977. The van der Waals surface area contributed by atoms with Gasteiger partial charge in [0.1, 0.15) is 0 Å². The lowest BCUT2D eigenvalue weighted by atomic mass is 10.2. The molecule has 25 heavy (non-hydrogen) atoms. The van der Waals surface area contributed by atoms with Crippen LogP contribution in [0.4, 0.5) is 5.69 Å². The summed E-state index contributed by atoms with van der Waals surface area (Å²) in [4.78, 5) is 17.0. The molecule has 4 nitrogen and oxygen atoms in total. The van der Waals surface area contributed by atoms with Crippen molar-refractivity contribution >= 4 is 27.5 Å². The van der Waals surface area contributed by atoms with E-state index in [0.29, 0.717) is 12.1 Å². The Morgan fingerprint density at radius 2 is 1.76 bits per heavy atom. The molecule has 0 radical (unpaired) electrons. The van der Waals surface area contributed by atoms with Gasteiger partial charge in [0, 0.05) is 48.4 Å². The van der Waals surface area contributed by atoms with E-state index in [4.69, 9.17) is 0 Å². The molecule has 0 spiro atoms. The third-order valence-corrected chi connectivity index (χ3v) is 5.01. The van der Waals surface area contributed by atoms with Gasteiger partial charge in [-0.05, 0) is 43.3 Å². The fourth-order valence-electron chi connectivity index (χ4n) is 3.10. The highest BCUT2D eigenvalue weighted by Crippen LogP contribution is 2.15. The van der Waals surface area contributed by atoms with Crippen molar-refractivity contribution in [3.63, 3.8) is 0 Å². The number of nitrogens with one attached hydrogen (secondary N) is 1. The molecular formula is C20H24BrN3O. The van der Waals surface area contributed by atoms with Gasteiger partial charge in [-0.3, -0.25) is 9.69 Å². The van der Waals surface area contributed by atoms with E-state index >= 15 is 0 Å². The first-order valence-corrected chi connectivity index (χ1v) is 9.58. The number of para-hydroxylation sites is 1. The van der Waals surface area contributed by atoms with Crippen LogP contribution in [0.5, 0.6) is 0 Å². The normalized spacial score (nSPS) is 15.2. The van der Waals surface area contributed by atoms with Crippen LogP contribution in [-0.2, 0) is 0 Å². The van der Waals surface area contributed by atoms with Crippen molar-refractivity contribution in [2.24, 2.45) is 0 Å². The summed E-state index contributed by atoms with van der Waals surface area (Å²) >= 11 is 3.40. The molecular weight excluding hydrogens is 378 g/mol. The Morgan fingerprint density at radius 1 is 1.00 bits per heavy atom. The van der Waals surface area contributed by atoms with Gasteiger partial charge in [-0.15, -0.1) is 0 Å². The van der Waals surface area contributed by atoms with Crippen LogP contribution in [0.2, 0.25) is 0 Å². The first-order chi connectivity index (χ1) is 12.2. The lowest BCUT2D eigenvalue weighted by molar-refractivity contribution is 0.0951. The van der Waals surface area contributed by atoms with E-state index in [-0.39, 0.29) is 5.91 Å². The van der Waals surface area contributed by atoms with E-state index in [1.54, 1.807) is 0 Å². The fourth-order valence-corrected chi connectivity index (χ4v) is 3.50. The molecule has 0 bridgehead atoms. The van der Waals surface area contributed by atoms with Crippen LogP contribution < -0.4 is 10.2 Å². The van der Waals surface area contributed by atoms with Gasteiger partial charge in [-0.1, -0.05) is 40.2 Å². The summed E-state index contributed by atoms with van der Waals surface area (Å²) in [6.45, 7) is 6.03. The maximum atomic E-state index is 12.1. The van der Waals surface area contributed by atoms with E-state index in [1.807, 2.05) is 24.3 Å². The number of benzene rings is 2. The van der Waals surface area contributed by atoms with Crippen molar-refractivity contribution < 1.29 is 4.79 Å². The van der Waals surface area contributed by atoms with Crippen LogP contribution in [0, 0.1) is 0 Å². The molecule has 1 N–H and O–H groups in total. The number of anilines is 1. The largest absolute Gasteiger partial charge is 0.369 e. The molecule has 1 aliphatic rings. The maximum absolute atomic E-state index is 12.1. The third kappa shape index (κ3) is 5.31. The highest BCUT2D eigenvalue weighted by atomic mass is 79.9. The second-order valence-corrected chi connectivity index (χ2v) is 7.20. The zero-order valence-corrected chi connectivity index (χ0v) is 15.9. The minimum atomic E-state index is -0.00445. The van der Waals surface area contributed by atoms with Gasteiger partial charge < -0.3 is 10.2 Å². The number of carbonyl (C=O) groups excluding carboxylic acids is 1. The van der Waals surface area contributed by atoms with Crippen molar-refractivity contribution in [2.75, 3.05) is 44.2 Å². The van der Waals surface area contributed by atoms with Gasteiger partial charge in [0.2, 0.25) is 0 Å². The Kier molecular flexibility index (Phi) is 6.48. The lowest BCUT2D eigenvalue weighted by Crippen LogP contribution is -2.47. The second-order valence-electron chi connectivity index (χ2n) is 6.28. The van der Waals surface area contributed by atoms with Crippen LogP contribution in [0.3, 0.4) is 0 Å². The number of hydrogen-bond acceptors (Lipinski definition) is 3. The molecule has 3 rings (SSSR count). The maximum Gasteiger partial charge on any atom is 0.251 e. The SMILES string of the molecule is O=C(NCCCN1CCN(c2ccccc2)CC1)c1cccc(Br)c1. The van der Waals surface area contributed by atoms with Gasteiger partial charge in [0.15, 0.2) is 0 Å². The molecule has 1 amide bonds. The summed E-state index contributed by atoms with van der Waals surface area (Å²) < 4.78 is 0.927. The molecule has 1 heterocycles. The molecule has 2 aromatic rings. The lowest BCUT2D eigenvalue weighted by Gasteiger charge is -2.36. The highest BCUT2D eigenvalue weighted by molar-refractivity contribution is 9.10. The fraction of sp³-hybridized carbons (Fsp3) is 0.350. The van der Waals surface area contributed by atoms with Crippen molar-refractivity contribution in [3.8, 4) is 0 Å². The first-order valence-electron chi connectivity index (χ1n) is 8.78. The van der Waals surface area contributed by atoms with E-state index in [9.17, 15) is 4.79 Å². The summed E-state index contributed by atoms with van der Waals surface area (Å²) in [6, 6.07) is 18.1. The number of piperazine rings is 1. The zero-order valence-electron chi connectivity index (χ0n) is 14.3. The number of halogens is 1. The highest BCUT2D eigenvalue weighted by Gasteiger charge is 2.16. The molecule has 0 saturated carbocycles. The number of hydrogen-bond donors (Lipinski definition) is 1. The standard InChI is InChI=1S/C20H24BrN3O/c21-18-7-4-6-17(16-18)20(25)22-10-5-11-23-12-14-24(15-13-23)19-8-2-1-3-9-19/h1-4,6-9,16H,5,10-15H2,(H,22,25). The number of carbonyl (C=O) groups is 1. The summed E-state index contributed by atoms with van der Waals surface area (Å²) in [5, 5.41) is 3.00. The number of nitrogens with zero attached hydrogens (tertiary/aromatic N) is 2. The average Bonchev–Trinajstić information content (AvgIpc) is 2.66. The third-order valence-electron chi connectivity index (χ3n) is 4.52. The topological polar surface area (TPSA) is 35.6 Å². The Labute approximate surface area is 158 Å². The van der Waals surface area contributed by atoms with Crippen LogP contribution in [0.15, 0.2) is 59.1 Å². The number of amides is 1. The minimum Gasteiger partial charge on any atom is -0.369 e. The smallest absolute Gasteiger partial charge is 0.251 e. The number of rotatable bonds is 6. The summed E-state index contributed by atoms with van der Waals surface area (Å²) in [5.74, 6) is -0.00445. The molecule has 132 valence electrons. The van der Waals surface area contributed by atoms with Gasteiger partial charge >= 0.3 is 0 Å². The van der Waals surface area contributed by atoms with E-state index in [1.165, 1.54) is 5.69 Å². The van der Waals surface area contributed by atoms with Crippen LogP contribution in [0.1, 0.15) is 16.8 Å². The van der Waals surface area contributed by atoms with Gasteiger partial charge in [0.05, 0.1) is 0 Å². The van der Waals surface area contributed by atoms with E-state index < -0.39 is 0 Å². The van der Waals surface area contributed by atoms with Gasteiger partial charge in [-0.25, -0.2) is 0 Å². The monoisotopic (exact) mass is 401 g/mol. The zero-order chi connectivity index (χ0) is 17.5. The molecule has 0 unspecified atom stereocenters. The molecule has 5 heteroatoms. The summed E-state index contributed by atoms with van der Waals surface area (Å²) in [7, 11) is 0.